The first-order chi connectivity index (χ1) is 24.6. The minimum absolute atomic E-state index is 0.0277. The number of imide groups is 1. The lowest BCUT2D eigenvalue weighted by atomic mass is 10.1. The molecule has 3 N–H and O–H groups in total. The number of carbonyl (C=O) groups excluding carboxylic acids is 4. The second-order valence-electron chi connectivity index (χ2n) is 13.3. The van der Waals surface area contributed by atoms with E-state index in [0.717, 1.165) is 13.1 Å². The SMILES string of the molecule is CCOCCOCCOCCNC1CN(CCN2C(=O)CC(SCC(=O)C(C)C)C2=O)CC1NCCOCCOCCOCC(=O)NCC(C)C. The molecule has 3 amide bonds. The van der Waals surface area contributed by atoms with Crippen molar-refractivity contribution >= 4 is 35.3 Å². The van der Waals surface area contributed by atoms with Gasteiger partial charge in [-0.3, -0.25) is 29.0 Å². The van der Waals surface area contributed by atoms with Gasteiger partial charge in [0.25, 0.3) is 0 Å². The molecule has 0 aromatic carbocycles. The molecule has 16 heteroatoms. The number of ether oxygens (including phenoxy) is 6. The first-order valence-corrected chi connectivity index (χ1v) is 19.6. The number of likely N-dealkylation sites (tertiary alicyclic amines) is 2. The molecular formula is C35H65N5O10S. The largest absolute Gasteiger partial charge is 0.379 e. The molecule has 0 spiro atoms. The van der Waals surface area contributed by atoms with Gasteiger partial charge in [0.2, 0.25) is 17.7 Å². The van der Waals surface area contributed by atoms with Gasteiger partial charge < -0.3 is 44.4 Å². The monoisotopic (exact) mass is 747 g/mol. The Morgan fingerprint density at radius 1 is 0.765 bits per heavy atom. The van der Waals surface area contributed by atoms with Gasteiger partial charge >= 0.3 is 0 Å². The molecule has 2 heterocycles. The van der Waals surface area contributed by atoms with E-state index in [-0.39, 0.29) is 60.3 Å². The summed E-state index contributed by atoms with van der Waals surface area (Å²) in [6, 6.07) is 0.277. The Balaban J connectivity index is 1.69. The van der Waals surface area contributed by atoms with Crippen LogP contribution in [0.15, 0.2) is 0 Å². The van der Waals surface area contributed by atoms with Gasteiger partial charge in [0.15, 0.2) is 0 Å². The highest BCUT2D eigenvalue weighted by atomic mass is 32.2. The summed E-state index contributed by atoms with van der Waals surface area (Å²) >= 11 is 1.28. The highest BCUT2D eigenvalue weighted by molar-refractivity contribution is 8.01. The second kappa shape index (κ2) is 27.8. The van der Waals surface area contributed by atoms with Crippen molar-refractivity contribution in [3.63, 3.8) is 0 Å². The number of amides is 3. The number of nitrogens with zero attached hydrogens (tertiary/aromatic N) is 2. The zero-order valence-corrected chi connectivity index (χ0v) is 32.4. The van der Waals surface area contributed by atoms with Gasteiger partial charge in [0.1, 0.15) is 12.4 Å². The predicted octanol–water partition coefficient (Wildman–Crippen LogP) is 0.196. The Labute approximate surface area is 309 Å². The average molecular weight is 748 g/mol. The fourth-order valence-corrected chi connectivity index (χ4v) is 6.51. The minimum atomic E-state index is -0.482. The maximum Gasteiger partial charge on any atom is 0.246 e. The Kier molecular flexibility index (Phi) is 24.8. The molecule has 2 rings (SSSR count). The molecule has 15 nitrogen and oxygen atoms in total. The summed E-state index contributed by atoms with van der Waals surface area (Å²) in [7, 11) is 0. The topological polar surface area (TPSA) is 166 Å². The van der Waals surface area contributed by atoms with Gasteiger partial charge in [-0.25, -0.2) is 0 Å². The first-order valence-electron chi connectivity index (χ1n) is 18.5. The van der Waals surface area contributed by atoms with Crippen LogP contribution in [0, 0.1) is 11.8 Å². The number of carbonyl (C=O) groups is 4. The molecule has 0 aliphatic carbocycles. The fourth-order valence-electron chi connectivity index (χ4n) is 5.28. The molecule has 0 aromatic rings. The average Bonchev–Trinajstić information content (AvgIpc) is 3.62. The number of rotatable bonds is 32. The van der Waals surface area contributed by atoms with Crippen molar-refractivity contribution in [2.24, 2.45) is 11.8 Å². The molecule has 0 radical (unpaired) electrons. The van der Waals surface area contributed by atoms with Gasteiger partial charge in [-0.15, -0.1) is 11.8 Å². The van der Waals surface area contributed by atoms with E-state index in [2.05, 4.69) is 20.9 Å². The fraction of sp³-hybridized carbons (Fsp3) is 0.886. The molecular weight excluding hydrogens is 682 g/mol. The lowest BCUT2D eigenvalue weighted by molar-refractivity contribution is -0.138. The maximum atomic E-state index is 13.0. The van der Waals surface area contributed by atoms with E-state index < -0.39 is 5.25 Å². The van der Waals surface area contributed by atoms with Crippen LogP contribution >= 0.6 is 11.8 Å². The third-order valence-electron chi connectivity index (χ3n) is 8.25. The Hall–Kier alpha value is -1.73. The van der Waals surface area contributed by atoms with E-state index in [1.807, 2.05) is 34.6 Å². The van der Waals surface area contributed by atoms with Gasteiger partial charge in [-0.2, -0.15) is 0 Å². The molecule has 2 saturated heterocycles. The van der Waals surface area contributed by atoms with Crippen LogP contribution in [0.5, 0.6) is 0 Å². The van der Waals surface area contributed by atoms with Gasteiger partial charge in [-0.1, -0.05) is 27.7 Å². The van der Waals surface area contributed by atoms with Crippen LogP contribution in [0.2, 0.25) is 0 Å². The molecule has 3 unspecified atom stereocenters. The molecule has 2 aliphatic heterocycles. The molecule has 2 fully saturated rings. The summed E-state index contributed by atoms with van der Waals surface area (Å²) in [5.74, 6) is 0.159. The van der Waals surface area contributed by atoms with E-state index in [1.165, 1.54) is 16.7 Å². The molecule has 296 valence electrons. The van der Waals surface area contributed by atoms with Gasteiger partial charge in [0.05, 0.1) is 77.1 Å². The Morgan fingerprint density at radius 2 is 1.29 bits per heavy atom. The van der Waals surface area contributed by atoms with Crippen molar-refractivity contribution in [1.82, 2.24) is 25.8 Å². The summed E-state index contributed by atoms with van der Waals surface area (Å²) in [6.45, 7) is 19.6. The molecule has 2 aliphatic rings. The number of hydrogen-bond donors (Lipinski definition) is 3. The van der Waals surface area contributed by atoms with Crippen molar-refractivity contribution in [3.8, 4) is 0 Å². The molecule has 0 saturated carbocycles. The van der Waals surface area contributed by atoms with Crippen LogP contribution in [0.4, 0.5) is 0 Å². The zero-order valence-electron chi connectivity index (χ0n) is 31.6. The summed E-state index contributed by atoms with van der Waals surface area (Å²) in [5, 5.41) is 9.53. The standard InChI is InChI=1S/C35H65N5O10S/c1-6-45-13-14-48-17-15-46-11-7-36-29-23-39(9-10-40-34(43)21-32(35(40)44)51-26-31(41)28(4)5)24-30(29)37-8-12-47-16-18-49-19-20-50-25-33(42)38-22-27(2)3/h27-30,32,36-37H,6-26H2,1-5H3,(H,38,42). The van der Waals surface area contributed by atoms with E-state index in [9.17, 15) is 19.2 Å². The van der Waals surface area contributed by atoms with Crippen molar-refractivity contribution in [2.45, 2.75) is 58.4 Å². The number of ketones is 1. The minimum Gasteiger partial charge on any atom is -0.379 e. The first kappa shape index (κ1) is 45.4. The third-order valence-corrected chi connectivity index (χ3v) is 9.47. The quantitative estimate of drug-likeness (QED) is 0.0631. The van der Waals surface area contributed by atoms with Crippen LogP contribution in [0.3, 0.4) is 0 Å². The zero-order chi connectivity index (χ0) is 37.3. The number of hydrogen-bond acceptors (Lipinski definition) is 14. The maximum absolute atomic E-state index is 13.0. The summed E-state index contributed by atoms with van der Waals surface area (Å²) in [4.78, 5) is 53.0. The van der Waals surface area contributed by atoms with Crippen LogP contribution in [-0.2, 0) is 47.6 Å². The normalized spacial score (nSPS) is 19.7. The lowest BCUT2D eigenvalue weighted by Crippen LogP contribution is -2.48. The second-order valence-corrected chi connectivity index (χ2v) is 14.5. The molecule has 3 atom stereocenters. The van der Waals surface area contributed by atoms with E-state index in [4.69, 9.17) is 28.4 Å². The van der Waals surface area contributed by atoms with Crippen molar-refractivity contribution < 1.29 is 47.6 Å². The third kappa shape index (κ3) is 20.3. The molecule has 0 bridgehead atoms. The highest BCUT2D eigenvalue weighted by Gasteiger charge is 2.40. The smallest absolute Gasteiger partial charge is 0.246 e. The van der Waals surface area contributed by atoms with Gasteiger partial charge in [-0.05, 0) is 12.8 Å². The molecule has 51 heavy (non-hydrogen) atoms. The highest BCUT2D eigenvalue weighted by Crippen LogP contribution is 2.26. The lowest BCUT2D eigenvalue weighted by Gasteiger charge is -2.21. The van der Waals surface area contributed by atoms with Crippen molar-refractivity contribution in [3.05, 3.63) is 0 Å². The number of nitrogens with one attached hydrogen (secondary N) is 3. The summed E-state index contributed by atoms with van der Waals surface area (Å²) in [6.07, 6.45) is 0.150. The van der Waals surface area contributed by atoms with Crippen LogP contribution < -0.4 is 16.0 Å². The van der Waals surface area contributed by atoms with E-state index in [1.54, 1.807) is 0 Å². The number of thioether (sulfide) groups is 1. The predicted molar refractivity (Wildman–Crippen MR) is 196 cm³/mol. The van der Waals surface area contributed by atoms with E-state index in [0.29, 0.717) is 111 Å². The molecule has 0 aromatic heterocycles. The summed E-state index contributed by atoms with van der Waals surface area (Å²) < 4.78 is 33.1. The Morgan fingerprint density at radius 3 is 1.82 bits per heavy atom. The van der Waals surface area contributed by atoms with Crippen LogP contribution in [0.25, 0.3) is 0 Å². The Bertz CT molecular complexity index is 995. The van der Waals surface area contributed by atoms with E-state index >= 15 is 0 Å². The van der Waals surface area contributed by atoms with Crippen molar-refractivity contribution in [2.75, 3.05) is 131 Å². The number of Topliss-reactive ketones (excluding diaryl/α,β-unsaturated/α-hetero) is 1. The van der Waals surface area contributed by atoms with Crippen LogP contribution in [0.1, 0.15) is 41.0 Å². The van der Waals surface area contributed by atoms with Crippen LogP contribution in [-0.4, -0.2) is 181 Å². The van der Waals surface area contributed by atoms with Gasteiger partial charge in [0, 0.05) is 76.8 Å². The van der Waals surface area contributed by atoms with Crippen molar-refractivity contribution in [1.29, 1.82) is 0 Å². The summed E-state index contributed by atoms with van der Waals surface area (Å²) in [5.41, 5.74) is 0.